The standard InChI is InChI=1S/C8H19NO2/c1-2-3-4-5-10-6-7-11-8-9/h2-9H2,1H3. The molecule has 0 aliphatic rings. The molecule has 0 saturated heterocycles. The van der Waals surface area contributed by atoms with E-state index < -0.39 is 0 Å². The van der Waals surface area contributed by atoms with Crippen LogP contribution in [0.25, 0.3) is 0 Å². The molecule has 0 aliphatic heterocycles. The second-order valence-corrected chi connectivity index (χ2v) is 2.39. The number of nitrogens with two attached hydrogens (primary N) is 1. The van der Waals surface area contributed by atoms with E-state index in [-0.39, 0.29) is 0 Å². The van der Waals surface area contributed by atoms with Gasteiger partial charge < -0.3 is 15.2 Å². The SMILES string of the molecule is CCCCCOCCOCN. The van der Waals surface area contributed by atoms with Crippen molar-refractivity contribution < 1.29 is 9.47 Å². The van der Waals surface area contributed by atoms with Crippen LogP contribution in [0.2, 0.25) is 0 Å². The second-order valence-electron chi connectivity index (χ2n) is 2.39. The molecule has 2 N–H and O–H groups in total. The summed E-state index contributed by atoms with van der Waals surface area (Å²) in [5.41, 5.74) is 5.11. The van der Waals surface area contributed by atoms with Crippen LogP contribution in [0.1, 0.15) is 26.2 Å². The normalized spacial score (nSPS) is 10.4. The topological polar surface area (TPSA) is 44.5 Å². The minimum absolute atomic E-state index is 0.290. The van der Waals surface area contributed by atoms with Crippen molar-refractivity contribution in [2.24, 2.45) is 5.73 Å². The van der Waals surface area contributed by atoms with Crippen molar-refractivity contribution in [3.8, 4) is 0 Å². The van der Waals surface area contributed by atoms with E-state index in [1.54, 1.807) is 0 Å². The molecule has 0 aromatic rings. The van der Waals surface area contributed by atoms with E-state index in [1.807, 2.05) is 0 Å². The Labute approximate surface area is 68.9 Å². The number of hydrogen-bond acceptors (Lipinski definition) is 3. The molecule has 0 atom stereocenters. The summed E-state index contributed by atoms with van der Waals surface area (Å²) in [5, 5.41) is 0. The zero-order valence-electron chi connectivity index (χ0n) is 7.34. The van der Waals surface area contributed by atoms with Crippen molar-refractivity contribution >= 4 is 0 Å². The van der Waals surface area contributed by atoms with Crippen LogP contribution in [0.4, 0.5) is 0 Å². The maximum Gasteiger partial charge on any atom is 0.0941 e. The van der Waals surface area contributed by atoms with Crippen LogP contribution in [0.5, 0.6) is 0 Å². The highest BCUT2D eigenvalue weighted by Gasteiger charge is 1.87. The quantitative estimate of drug-likeness (QED) is 0.428. The molecule has 3 heteroatoms. The third-order valence-electron chi connectivity index (χ3n) is 1.38. The Bertz CT molecular complexity index is 61.1. The van der Waals surface area contributed by atoms with Gasteiger partial charge in [0, 0.05) is 6.61 Å². The molecule has 0 radical (unpaired) electrons. The van der Waals surface area contributed by atoms with Crippen LogP contribution in [0, 0.1) is 0 Å². The monoisotopic (exact) mass is 161 g/mol. The molecular formula is C8H19NO2. The maximum atomic E-state index is 5.26. The molecule has 0 saturated carbocycles. The van der Waals surface area contributed by atoms with Crippen LogP contribution in [-0.4, -0.2) is 26.6 Å². The smallest absolute Gasteiger partial charge is 0.0941 e. The highest BCUT2D eigenvalue weighted by Crippen LogP contribution is 1.93. The van der Waals surface area contributed by atoms with E-state index in [0.717, 1.165) is 13.0 Å². The van der Waals surface area contributed by atoms with Gasteiger partial charge in [-0.15, -0.1) is 0 Å². The summed E-state index contributed by atoms with van der Waals surface area (Å²) in [6.07, 6.45) is 3.64. The van der Waals surface area contributed by atoms with E-state index in [1.165, 1.54) is 12.8 Å². The molecule has 0 spiro atoms. The van der Waals surface area contributed by atoms with Crippen LogP contribution in [-0.2, 0) is 9.47 Å². The first kappa shape index (κ1) is 10.9. The van der Waals surface area contributed by atoms with E-state index in [0.29, 0.717) is 19.9 Å². The maximum absolute atomic E-state index is 5.26. The van der Waals surface area contributed by atoms with Crippen LogP contribution < -0.4 is 5.73 Å². The molecule has 3 nitrogen and oxygen atoms in total. The van der Waals surface area contributed by atoms with E-state index in [9.17, 15) is 0 Å². The molecule has 0 aromatic carbocycles. The second kappa shape index (κ2) is 9.88. The molecule has 0 bridgehead atoms. The lowest BCUT2D eigenvalue weighted by Gasteiger charge is -2.02. The molecule has 0 aromatic heterocycles. The molecule has 0 aliphatic carbocycles. The largest absolute Gasteiger partial charge is 0.379 e. The van der Waals surface area contributed by atoms with Crippen molar-refractivity contribution in [2.75, 3.05) is 26.6 Å². The Balaban J connectivity index is 2.69. The Morgan fingerprint density at radius 1 is 1.00 bits per heavy atom. The lowest BCUT2D eigenvalue weighted by molar-refractivity contribution is 0.0488. The zero-order chi connectivity index (χ0) is 8.36. The van der Waals surface area contributed by atoms with Gasteiger partial charge in [0.05, 0.1) is 19.9 Å². The number of unbranched alkanes of at least 4 members (excludes halogenated alkanes) is 2. The van der Waals surface area contributed by atoms with Crippen molar-refractivity contribution in [2.45, 2.75) is 26.2 Å². The molecule has 0 amide bonds. The molecule has 68 valence electrons. The molecule has 0 fully saturated rings. The van der Waals surface area contributed by atoms with Gasteiger partial charge >= 0.3 is 0 Å². The van der Waals surface area contributed by atoms with Gasteiger partial charge in [-0.1, -0.05) is 19.8 Å². The van der Waals surface area contributed by atoms with E-state index in [2.05, 4.69) is 6.92 Å². The predicted octanol–water partition coefficient (Wildman–Crippen LogP) is 1.13. The van der Waals surface area contributed by atoms with Crippen molar-refractivity contribution in [1.29, 1.82) is 0 Å². The van der Waals surface area contributed by atoms with Gasteiger partial charge in [0.15, 0.2) is 0 Å². The van der Waals surface area contributed by atoms with Crippen LogP contribution in [0.3, 0.4) is 0 Å². The Kier molecular flexibility index (Phi) is 9.77. The fraction of sp³-hybridized carbons (Fsp3) is 1.00. The summed E-state index contributed by atoms with van der Waals surface area (Å²) in [5.74, 6) is 0. The van der Waals surface area contributed by atoms with E-state index in [4.69, 9.17) is 15.2 Å². The fourth-order valence-electron chi connectivity index (χ4n) is 0.757. The van der Waals surface area contributed by atoms with Gasteiger partial charge in [0.2, 0.25) is 0 Å². The van der Waals surface area contributed by atoms with Gasteiger partial charge in [-0.25, -0.2) is 0 Å². The number of ether oxygens (including phenoxy) is 2. The summed E-state index contributed by atoms with van der Waals surface area (Å²) in [6.45, 7) is 4.60. The predicted molar refractivity (Wildman–Crippen MR) is 45.4 cm³/mol. The number of hydrogen-bond donors (Lipinski definition) is 1. The Morgan fingerprint density at radius 3 is 2.36 bits per heavy atom. The summed E-state index contributed by atoms with van der Waals surface area (Å²) in [7, 11) is 0. The minimum atomic E-state index is 0.290. The van der Waals surface area contributed by atoms with Gasteiger partial charge in [0.1, 0.15) is 0 Å². The van der Waals surface area contributed by atoms with Gasteiger partial charge in [-0.3, -0.25) is 0 Å². The lowest BCUT2D eigenvalue weighted by atomic mass is 10.3. The van der Waals surface area contributed by atoms with E-state index >= 15 is 0 Å². The Hall–Kier alpha value is -0.120. The molecule has 0 unspecified atom stereocenters. The summed E-state index contributed by atoms with van der Waals surface area (Å²) >= 11 is 0. The van der Waals surface area contributed by atoms with Crippen LogP contribution >= 0.6 is 0 Å². The average molecular weight is 161 g/mol. The molecule has 11 heavy (non-hydrogen) atoms. The first-order chi connectivity index (χ1) is 5.41. The first-order valence-corrected chi connectivity index (χ1v) is 4.27. The summed E-state index contributed by atoms with van der Waals surface area (Å²) in [4.78, 5) is 0. The molecular weight excluding hydrogens is 142 g/mol. The third-order valence-corrected chi connectivity index (χ3v) is 1.38. The average Bonchev–Trinajstić information content (AvgIpc) is 2.03. The highest BCUT2D eigenvalue weighted by molar-refractivity contribution is 4.36. The first-order valence-electron chi connectivity index (χ1n) is 4.27. The van der Waals surface area contributed by atoms with Gasteiger partial charge in [-0.2, -0.15) is 0 Å². The zero-order valence-corrected chi connectivity index (χ0v) is 7.34. The Morgan fingerprint density at radius 2 is 1.73 bits per heavy atom. The number of rotatable bonds is 8. The highest BCUT2D eigenvalue weighted by atomic mass is 16.5. The van der Waals surface area contributed by atoms with Gasteiger partial charge in [-0.05, 0) is 6.42 Å². The van der Waals surface area contributed by atoms with Crippen molar-refractivity contribution in [3.63, 3.8) is 0 Å². The van der Waals surface area contributed by atoms with Crippen molar-refractivity contribution in [3.05, 3.63) is 0 Å². The molecule has 0 heterocycles. The minimum Gasteiger partial charge on any atom is -0.379 e. The van der Waals surface area contributed by atoms with Crippen LogP contribution in [0.15, 0.2) is 0 Å². The third kappa shape index (κ3) is 9.88. The summed E-state index contributed by atoms with van der Waals surface area (Å²) in [6, 6.07) is 0. The lowest BCUT2D eigenvalue weighted by Crippen LogP contribution is -2.10. The summed E-state index contributed by atoms with van der Waals surface area (Å²) < 4.78 is 10.2. The van der Waals surface area contributed by atoms with Gasteiger partial charge in [0.25, 0.3) is 0 Å². The fourth-order valence-corrected chi connectivity index (χ4v) is 0.757. The van der Waals surface area contributed by atoms with Crippen molar-refractivity contribution in [1.82, 2.24) is 0 Å². The molecule has 0 rings (SSSR count).